The summed E-state index contributed by atoms with van der Waals surface area (Å²) < 4.78 is 42.1. The first kappa shape index (κ1) is 36.8. The molecule has 3 heterocycles. The van der Waals surface area contributed by atoms with Crippen LogP contribution in [0.25, 0.3) is 0 Å². The van der Waals surface area contributed by atoms with Crippen molar-refractivity contribution in [2.45, 2.75) is 88.3 Å². The molecular formula is C47H50O6Si. The molecule has 0 saturated carbocycles. The lowest BCUT2D eigenvalue weighted by atomic mass is 9.77. The Morgan fingerprint density at radius 2 is 1.06 bits per heavy atom. The van der Waals surface area contributed by atoms with E-state index >= 15 is 0 Å². The van der Waals surface area contributed by atoms with E-state index in [-0.39, 0.29) is 6.10 Å². The van der Waals surface area contributed by atoms with Crippen LogP contribution in [0.1, 0.15) is 39.5 Å². The first-order chi connectivity index (χ1) is 26.4. The molecule has 1 fully saturated rings. The summed E-state index contributed by atoms with van der Waals surface area (Å²) in [6, 6.07) is 47.8. The minimum Gasteiger partial charge on any atom is -0.374 e. The SMILES string of the molecule is C[Si](C)(C)c1cccc2c1C1C=CC2([C@@H]2O[C@H](COCc3ccccc3)[C@@H](OCc3ccccc3)[C@H](OCc3ccccc3)[C@H]2OCc2ccccc2)O1. The summed E-state index contributed by atoms with van der Waals surface area (Å²) in [6.45, 7) is 9.09. The summed E-state index contributed by atoms with van der Waals surface area (Å²) in [5, 5.41) is 1.41. The third-order valence-electron chi connectivity index (χ3n) is 10.8. The molecule has 0 amide bonds. The molecule has 278 valence electrons. The second-order valence-electron chi connectivity index (χ2n) is 15.6. The van der Waals surface area contributed by atoms with E-state index < -0.39 is 44.2 Å². The predicted octanol–water partition coefficient (Wildman–Crippen LogP) is 8.81. The third kappa shape index (κ3) is 7.81. The second kappa shape index (κ2) is 16.3. The van der Waals surface area contributed by atoms with Gasteiger partial charge in [-0.3, -0.25) is 0 Å². The quantitative estimate of drug-likeness (QED) is 0.0791. The van der Waals surface area contributed by atoms with E-state index in [1.807, 2.05) is 72.8 Å². The average Bonchev–Trinajstić information content (AvgIpc) is 3.79. The summed E-state index contributed by atoms with van der Waals surface area (Å²) in [6.07, 6.45) is 1.60. The van der Waals surface area contributed by atoms with Crippen LogP contribution >= 0.6 is 0 Å². The van der Waals surface area contributed by atoms with Gasteiger partial charge >= 0.3 is 0 Å². The van der Waals surface area contributed by atoms with Crippen LogP contribution in [0.3, 0.4) is 0 Å². The molecule has 2 unspecified atom stereocenters. The summed E-state index contributed by atoms with van der Waals surface area (Å²) in [7, 11) is -1.72. The fourth-order valence-corrected chi connectivity index (χ4v) is 9.82. The van der Waals surface area contributed by atoms with Gasteiger partial charge in [-0.15, -0.1) is 0 Å². The molecule has 54 heavy (non-hydrogen) atoms. The molecular weight excluding hydrogens is 689 g/mol. The van der Waals surface area contributed by atoms with E-state index in [2.05, 4.69) is 98.5 Å². The summed E-state index contributed by atoms with van der Waals surface area (Å²) >= 11 is 0. The molecule has 5 aromatic carbocycles. The maximum absolute atomic E-state index is 7.38. The van der Waals surface area contributed by atoms with Gasteiger partial charge in [-0.1, -0.05) is 170 Å². The minimum absolute atomic E-state index is 0.148. The molecule has 3 aliphatic heterocycles. The number of fused-ring (bicyclic) bond motifs is 5. The topological polar surface area (TPSA) is 55.4 Å². The fourth-order valence-electron chi connectivity index (χ4n) is 8.14. The zero-order valence-corrected chi connectivity index (χ0v) is 32.4. The van der Waals surface area contributed by atoms with Crippen LogP contribution in [-0.4, -0.2) is 45.2 Å². The molecule has 7 heteroatoms. The van der Waals surface area contributed by atoms with Crippen molar-refractivity contribution in [1.82, 2.24) is 0 Å². The number of hydrogen-bond donors (Lipinski definition) is 0. The fraction of sp³-hybridized carbons (Fsp3) is 0.319. The van der Waals surface area contributed by atoms with Crippen LogP contribution < -0.4 is 5.19 Å². The Labute approximate surface area is 320 Å². The van der Waals surface area contributed by atoms with Gasteiger partial charge in [-0.2, -0.15) is 0 Å². The maximum atomic E-state index is 7.38. The molecule has 0 aromatic heterocycles. The van der Waals surface area contributed by atoms with Crippen molar-refractivity contribution in [1.29, 1.82) is 0 Å². The van der Waals surface area contributed by atoms with E-state index in [1.54, 1.807) is 0 Å². The normalized spacial score (nSPS) is 25.8. The van der Waals surface area contributed by atoms with Gasteiger partial charge in [-0.05, 0) is 39.5 Å². The van der Waals surface area contributed by atoms with Crippen molar-refractivity contribution in [3.8, 4) is 0 Å². The summed E-state index contributed by atoms with van der Waals surface area (Å²) in [4.78, 5) is 0. The van der Waals surface area contributed by atoms with Gasteiger partial charge in [-0.25, -0.2) is 0 Å². The molecule has 0 radical (unpaired) electrons. The van der Waals surface area contributed by atoms with E-state index in [0.717, 1.165) is 27.8 Å². The van der Waals surface area contributed by atoms with Crippen molar-refractivity contribution in [3.63, 3.8) is 0 Å². The van der Waals surface area contributed by atoms with Crippen molar-refractivity contribution >= 4 is 13.3 Å². The Balaban J connectivity index is 1.21. The largest absolute Gasteiger partial charge is 0.374 e. The van der Waals surface area contributed by atoms with Crippen LogP contribution in [0.5, 0.6) is 0 Å². The van der Waals surface area contributed by atoms with Gasteiger partial charge in [0.25, 0.3) is 0 Å². The van der Waals surface area contributed by atoms with Crippen LogP contribution in [0.15, 0.2) is 152 Å². The zero-order valence-electron chi connectivity index (χ0n) is 31.4. The van der Waals surface area contributed by atoms with Gasteiger partial charge in [0.05, 0.1) is 41.1 Å². The van der Waals surface area contributed by atoms with E-state index in [9.17, 15) is 0 Å². The minimum atomic E-state index is -1.72. The molecule has 0 spiro atoms. The second-order valence-corrected chi connectivity index (χ2v) is 20.6. The Bertz CT molecular complexity index is 1980. The monoisotopic (exact) mass is 738 g/mol. The third-order valence-corrected chi connectivity index (χ3v) is 12.8. The van der Waals surface area contributed by atoms with Crippen LogP contribution in [0.4, 0.5) is 0 Å². The number of rotatable bonds is 15. The summed E-state index contributed by atoms with van der Waals surface area (Å²) in [5.41, 5.74) is 5.86. The molecule has 0 N–H and O–H groups in total. The molecule has 3 aliphatic rings. The highest BCUT2D eigenvalue weighted by molar-refractivity contribution is 6.89. The average molecular weight is 739 g/mol. The first-order valence-electron chi connectivity index (χ1n) is 19.1. The van der Waals surface area contributed by atoms with Crippen molar-refractivity contribution in [2.75, 3.05) is 6.61 Å². The number of ether oxygens (including phenoxy) is 6. The molecule has 5 aromatic rings. The number of hydrogen-bond acceptors (Lipinski definition) is 6. The van der Waals surface area contributed by atoms with E-state index in [4.69, 9.17) is 28.4 Å². The Morgan fingerprint density at radius 3 is 1.59 bits per heavy atom. The molecule has 0 aliphatic carbocycles. The molecule has 2 bridgehead atoms. The van der Waals surface area contributed by atoms with E-state index in [0.29, 0.717) is 33.0 Å². The van der Waals surface area contributed by atoms with Gasteiger partial charge < -0.3 is 28.4 Å². The smallest absolute Gasteiger partial charge is 0.142 e. The van der Waals surface area contributed by atoms with Gasteiger partial charge in [0.15, 0.2) is 0 Å². The van der Waals surface area contributed by atoms with Crippen LogP contribution in [0, 0.1) is 0 Å². The van der Waals surface area contributed by atoms with Crippen molar-refractivity contribution in [3.05, 3.63) is 185 Å². The molecule has 8 rings (SSSR count). The van der Waals surface area contributed by atoms with Crippen molar-refractivity contribution in [2.24, 2.45) is 0 Å². The number of benzene rings is 5. The Morgan fingerprint density at radius 1 is 0.556 bits per heavy atom. The standard InChI is InChI=1S/C47H50O6Si/c1-54(2,3)41-26-16-25-38-42(41)39-27-28-47(38,53-39)46-45(51-32-37-23-14-7-15-24-37)44(50-31-36-21-12-6-13-22-36)43(49-30-35-19-10-5-11-20-35)40(52-46)33-48-29-34-17-8-4-9-18-34/h4-28,39-40,43-46H,29-33H2,1-3H3/t39?,40-,43-,44+,45-,46-,47?/m1/s1. The highest BCUT2D eigenvalue weighted by Crippen LogP contribution is 2.55. The predicted molar refractivity (Wildman–Crippen MR) is 214 cm³/mol. The van der Waals surface area contributed by atoms with Gasteiger partial charge in [0.1, 0.15) is 42.2 Å². The van der Waals surface area contributed by atoms with Gasteiger partial charge in [0, 0.05) is 0 Å². The lowest BCUT2D eigenvalue weighted by Gasteiger charge is -2.50. The van der Waals surface area contributed by atoms with Crippen LogP contribution in [-0.2, 0) is 60.4 Å². The van der Waals surface area contributed by atoms with Gasteiger partial charge in [0.2, 0.25) is 0 Å². The van der Waals surface area contributed by atoms with Crippen molar-refractivity contribution < 1.29 is 28.4 Å². The van der Waals surface area contributed by atoms with E-state index in [1.165, 1.54) is 10.8 Å². The lowest BCUT2D eigenvalue weighted by molar-refractivity contribution is -0.301. The Hall–Kier alpha value is -4.18. The molecule has 7 atom stereocenters. The highest BCUT2D eigenvalue weighted by atomic mass is 28.3. The lowest BCUT2D eigenvalue weighted by Crippen LogP contribution is -2.65. The Kier molecular flexibility index (Phi) is 11.1. The first-order valence-corrected chi connectivity index (χ1v) is 22.6. The summed E-state index contributed by atoms with van der Waals surface area (Å²) in [5.74, 6) is 0. The molecule has 6 nitrogen and oxygen atoms in total. The maximum Gasteiger partial charge on any atom is 0.142 e. The zero-order chi connectivity index (χ0) is 37.0. The molecule has 1 saturated heterocycles. The highest BCUT2D eigenvalue weighted by Gasteiger charge is 2.61. The van der Waals surface area contributed by atoms with Crippen LogP contribution in [0.2, 0.25) is 19.6 Å².